The Balaban J connectivity index is 0.000000186. The van der Waals surface area contributed by atoms with E-state index in [1.54, 1.807) is 12.1 Å². The van der Waals surface area contributed by atoms with Crippen LogP contribution in [-0.2, 0) is 68.5 Å². The maximum atomic E-state index is 13.3. The minimum Gasteiger partial charge on any atom is -0.508 e. The van der Waals surface area contributed by atoms with E-state index < -0.39 is 5.97 Å². The zero-order chi connectivity index (χ0) is 53.5. The Bertz CT molecular complexity index is 2820. The van der Waals surface area contributed by atoms with E-state index >= 15 is 0 Å². The number of fused-ring (bicyclic) bond motifs is 4. The summed E-state index contributed by atoms with van der Waals surface area (Å²) in [6, 6.07) is 53.0. The third kappa shape index (κ3) is 11.8. The monoisotopic (exact) mass is 1020 g/mol. The van der Waals surface area contributed by atoms with Crippen LogP contribution in [0.1, 0.15) is 78.1 Å². The number of nitrogens with zero attached hydrogens (tertiary/aromatic N) is 2. The molecule has 11 heteroatoms. The molecule has 76 heavy (non-hydrogen) atoms. The van der Waals surface area contributed by atoms with Crippen LogP contribution in [0, 0.1) is 22.7 Å². The fourth-order valence-electron chi connectivity index (χ4n) is 13.8. The van der Waals surface area contributed by atoms with Crippen molar-refractivity contribution in [2.45, 2.75) is 83.0 Å². The third-order valence-corrected chi connectivity index (χ3v) is 17.6. The molecule has 10 rings (SSSR count). The number of carbonyl (C=O) groups is 4. The molecule has 11 nitrogen and oxygen atoms in total. The Morgan fingerprint density at radius 3 is 1.28 bits per heavy atom. The molecule has 2 aliphatic heterocycles. The van der Waals surface area contributed by atoms with Gasteiger partial charge in [0.15, 0.2) is 0 Å². The molecule has 0 spiro atoms. The van der Waals surface area contributed by atoms with Crippen LogP contribution in [0.4, 0.5) is 0 Å². The molecule has 0 aromatic heterocycles. The maximum absolute atomic E-state index is 13.3. The molecule has 2 fully saturated rings. The molecule has 2 saturated heterocycles. The van der Waals surface area contributed by atoms with Gasteiger partial charge in [0.05, 0.1) is 18.4 Å². The predicted octanol–water partition coefficient (Wildman–Crippen LogP) is 8.91. The molecule has 396 valence electrons. The highest BCUT2D eigenvalue weighted by Gasteiger charge is 2.56. The number of rotatable bonds is 16. The number of aromatic hydroxyl groups is 2. The van der Waals surface area contributed by atoms with Crippen LogP contribution in [0.25, 0.3) is 0 Å². The molecule has 0 saturated carbocycles. The molecule has 2 heterocycles. The van der Waals surface area contributed by atoms with Gasteiger partial charge in [0, 0.05) is 37.0 Å². The summed E-state index contributed by atoms with van der Waals surface area (Å²) in [6.45, 7) is 10.5. The van der Waals surface area contributed by atoms with Gasteiger partial charge in [-0.25, -0.2) is 0 Å². The lowest BCUT2D eigenvalue weighted by Gasteiger charge is -2.58. The quantitative estimate of drug-likeness (QED) is 0.0639. The summed E-state index contributed by atoms with van der Waals surface area (Å²) in [5, 5.41) is 35.4. The van der Waals surface area contributed by atoms with Gasteiger partial charge in [-0.05, 0) is 151 Å². The molecule has 4 aliphatic rings. The second-order valence-corrected chi connectivity index (χ2v) is 22.9. The number of piperidine rings is 2. The summed E-state index contributed by atoms with van der Waals surface area (Å²) in [5.74, 6) is -1.37. The largest absolute Gasteiger partial charge is 0.508 e. The van der Waals surface area contributed by atoms with Crippen molar-refractivity contribution in [3.63, 3.8) is 0 Å². The lowest BCUT2D eigenvalue weighted by Crippen LogP contribution is -2.61. The molecule has 6 aromatic rings. The lowest BCUT2D eigenvalue weighted by atomic mass is 9.50. The van der Waals surface area contributed by atoms with Crippen molar-refractivity contribution in [1.29, 1.82) is 0 Å². The van der Waals surface area contributed by atoms with E-state index in [0.717, 1.165) is 75.8 Å². The van der Waals surface area contributed by atoms with Crippen molar-refractivity contribution in [3.05, 3.63) is 202 Å². The van der Waals surface area contributed by atoms with Gasteiger partial charge in [-0.15, -0.1) is 0 Å². The normalized spacial score (nSPS) is 23.6. The number of phenols is 2. The fraction of sp³-hybridized carbons (Fsp3) is 0.385. The van der Waals surface area contributed by atoms with Gasteiger partial charge in [0.25, 0.3) is 0 Å². The van der Waals surface area contributed by atoms with Gasteiger partial charge in [-0.1, -0.05) is 147 Å². The number of benzene rings is 6. The molecular formula is C65H74N4O7. The SMILES string of the molecule is CC(=O)CNC(=O)[C@@H](Cc1ccccc1)CN1CC[C@@]2(c3cccc(O)c3)Cc3ccccc3C[C@@]2(C)C1.C[C@@]12Cc3ccccc3C[C@]1(c1cccc(O)c1)CCN(C[C@H](Cc1ccccc1)C(=O)NCC(=O)O)C2. The average molecular weight is 1020 g/mol. The van der Waals surface area contributed by atoms with E-state index in [-0.39, 0.29) is 64.2 Å². The number of ketones is 1. The number of carboxylic acid groups (broad SMARTS) is 1. The highest BCUT2D eigenvalue weighted by molar-refractivity contribution is 5.86. The summed E-state index contributed by atoms with van der Waals surface area (Å²) >= 11 is 0. The van der Waals surface area contributed by atoms with E-state index in [9.17, 15) is 29.4 Å². The second kappa shape index (κ2) is 23.0. The minimum atomic E-state index is -1.04. The number of aliphatic carboxylic acids is 1. The molecule has 5 N–H and O–H groups in total. The second-order valence-electron chi connectivity index (χ2n) is 22.9. The first-order valence-electron chi connectivity index (χ1n) is 27.1. The van der Waals surface area contributed by atoms with Gasteiger partial charge in [-0.3, -0.25) is 19.2 Å². The first-order chi connectivity index (χ1) is 36.6. The van der Waals surface area contributed by atoms with Gasteiger partial charge in [-0.2, -0.15) is 0 Å². The van der Waals surface area contributed by atoms with E-state index in [0.29, 0.717) is 37.4 Å². The standard InChI is InChI=1S/C33H38N2O3.C32H36N2O4/c1-24(36)21-34-31(38)28(17-25-9-4-3-5-10-25)22-35-16-15-33(29-13-8-14-30(37)18-29)20-27-12-7-6-11-26(27)19-32(33,2)23-35;1-31-18-24-10-5-6-11-25(24)19-32(31,27-12-7-13-28(35)17-27)14-15-34(22-31)21-26(30(38)33-20-29(36)37)16-23-8-3-2-4-9-23/h3-14,18,28,37H,15-17,19-23H2,1-2H3,(H,34,38);2-13,17,26,35H,14-16,18-22H2,1H3,(H,33,38)(H,36,37)/t28-,32-,33-;26-,31-,32-/m00/s1. The molecule has 0 unspecified atom stereocenters. The number of carboxylic acids is 1. The van der Waals surface area contributed by atoms with E-state index in [2.05, 4.69) is 107 Å². The number of hydrogen-bond acceptors (Lipinski definition) is 8. The van der Waals surface area contributed by atoms with Crippen molar-refractivity contribution < 1.29 is 34.5 Å². The average Bonchev–Trinajstić information content (AvgIpc) is 3.44. The maximum Gasteiger partial charge on any atom is 0.322 e. The number of nitrogens with one attached hydrogen (secondary N) is 2. The van der Waals surface area contributed by atoms with Gasteiger partial charge in [0.1, 0.15) is 23.8 Å². The zero-order valence-electron chi connectivity index (χ0n) is 44.3. The van der Waals surface area contributed by atoms with E-state index in [1.807, 2.05) is 72.8 Å². The van der Waals surface area contributed by atoms with Gasteiger partial charge < -0.3 is 35.8 Å². The van der Waals surface area contributed by atoms with Crippen LogP contribution in [0.3, 0.4) is 0 Å². The summed E-state index contributed by atoms with van der Waals surface area (Å²) in [6.07, 6.45) is 6.80. The van der Waals surface area contributed by atoms with Crippen LogP contribution in [0.5, 0.6) is 11.5 Å². The Kier molecular flexibility index (Phi) is 16.3. The summed E-state index contributed by atoms with van der Waals surface area (Å²) in [7, 11) is 0. The Hall–Kier alpha value is -7.08. The smallest absolute Gasteiger partial charge is 0.322 e. The molecular weight excluding hydrogens is 949 g/mol. The summed E-state index contributed by atoms with van der Waals surface area (Å²) < 4.78 is 0. The van der Waals surface area contributed by atoms with E-state index in [1.165, 1.54) is 40.3 Å². The zero-order valence-corrected chi connectivity index (χ0v) is 44.3. The highest BCUT2D eigenvalue weighted by atomic mass is 16.4. The van der Waals surface area contributed by atoms with Gasteiger partial charge >= 0.3 is 5.97 Å². The van der Waals surface area contributed by atoms with Crippen LogP contribution < -0.4 is 10.6 Å². The van der Waals surface area contributed by atoms with E-state index in [4.69, 9.17) is 5.11 Å². The molecule has 2 aliphatic carbocycles. The Morgan fingerprint density at radius 1 is 0.513 bits per heavy atom. The molecule has 0 bridgehead atoms. The number of phenolic OH excluding ortho intramolecular Hbond substituents is 2. The highest BCUT2D eigenvalue weighted by Crippen LogP contribution is 2.57. The molecule has 6 atom stereocenters. The van der Waals surface area contributed by atoms with Crippen LogP contribution in [0.2, 0.25) is 0 Å². The van der Waals surface area contributed by atoms with Crippen molar-refractivity contribution in [3.8, 4) is 11.5 Å². The number of likely N-dealkylation sites (tertiary alicyclic amines) is 2. The predicted molar refractivity (Wildman–Crippen MR) is 297 cm³/mol. The Labute approximate surface area is 448 Å². The van der Waals surface area contributed by atoms with Crippen molar-refractivity contribution >= 4 is 23.6 Å². The lowest BCUT2D eigenvalue weighted by molar-refractivity contribution is -0.138. The first kappa shape index (κ1) is 53.7. The summed E-state index contributed by atoms with van der Waals surface area (Å²) in [4.78, 5) is 53.9. The van der Waals surface area contributed by atoms with Crippen LogP contribution >= 0.6 is 0 Å². The van der Waals surface area contributed by atoms with Crippen molar-refractivity contribution in [2.24, 2.45) is 22.7 Å². The molecule has 0 radical (unpaired) electrons. The number of amides is 2. The fourth-order valence-corrected chi connectivity index (χ4v) is 13.8. The van der Waals surface area contributed by atoms with Crippen molar-refractivity contribution in [2.75, 3.05) is 52.4 Å². The third-order valence-electron chi connectivity index (χ3n) is 17.6. The minimum absolute atomic E-state index is 0.0425. The summed E-state index contributed by atoms with van der Waals surface area (Å²) in [5.41, 5.74) is 9.70. The Morgan fingerprint density at radius 2 is 0.895 bits per heavy atom. The number of Topliss-reactive ketones (excluding diaryl/α,β-unsaturated/α-hetero) is 1. The first-order valence-corrected chi connectivity index (χ1v) is 27.1. The number of carbonyl (C=O) groups excluding carboxylic acids is 3. The van der Waals surface area contributed by atoms with Crippen LogP contribution in [-0.4, -0.2) is 101 Å². The van der Waals surface area contributed by atoms with Crippen molar-refractivity contribution in [1.82, 2.24) is 20.4 Å². The van der Waals surface area contributed by atoms with Gasteiger partial charge in [0.2, 0.25) is 11.8 Å². The molecule has 2 amide bonds. The van der Waals surface area contributed by atoms with Crippen LogP contribution in [0.15, 0.2) is 158 Å². The topological polar surface area (TPSA) is 160 Å². The molecule has 6 aromatic carbocycles. The number of hydrogen-bond donors (Lipinski definition) is 5.